The number of sulfonamides is 1. The minimum Gasteiger partial charge on any atom is -0.275 e. The van der Waals surface area contributed by atoms with Crippen molar-refractivity contribution in [1.29, 1.82) is 0 Å². The SMILES string of the molecule is CC(C)N(Cc1cnn(C)c1)S(=O)(=O)c1cccc(C(F)(F)F)c1. The Morgan fingerprint density at radius 3 is 2.46 bits per heavy atom. The number of alkyl halides is 3. The molecule has 0 unspecified atom stereocenters. The highest BCUT2D eigenvalue weighted by atomic mass is 32.2. The maximum Gasteiger partial charge on any atom is 0.416 e. The van der Waals surface area contributed by atoms with Gasteiger partial charge >= 0.3 is 6.18 Å². The number of hydrogen-bond donors (Lipinski definition) is 0. The summed E-state index contributed by atoms with van der Waals surface area (Å²) in [5.74, 6) is 0. The third-order valence-electron chi connectivity index (χ3n) is 3.44. The molecule has 2 rings (SSSR count). The van der Waals surface area contributed by atoms with Crippen LogP contribution in [-0.2, 0) is 29.8 Å². The lowest BCUT2D eigenvalue weighted by molar-refractivity contribution is -0.137. The first-order valence-electron chi connectivity index (χ1n) is 7.18. The molecule has 0 radical (unpaired) electrons. The number of rotatable bonds is 5. The number of halogens is 3. The fourth-order valence-electron chi connectivity index (χ4n) is 2.25. The summed E-state index contributed by atoms with van der Waals surface area (Å²) in [6.45, 7) is 3.37. The number of aromatic nitrogens is 2. The van der Waals surface area contributed by atoms with Crippen molar-refractivity contribution < 1.29 is 21.6 Å². The van der Waals surface area contributed by atoms with Gasteiger partial charge in [0.05, 0.1) is 16.7 Å². The van der Waals surface area contributed by atoms with Gasteiger partial charge in [-0.3, -0.25) is 4.68 Å². The van der Waals surface area contributed by atoms with Crippen LogP contribution in [-0.4, -0.2) is 28.5 Å². The molecule has 0 aliphatic carbocycles. The van der Waals surface area contributed by atoms with Gasteiger partial charge in [-0.25, -0.2) is 8.42 Å². The molecule has 132 valence electrons. The van der Waals surface area contributed by atoms with Gasteiger partial charge in [0.1, 0.15) is 0 Å². The van der Waals surface area contributed by atoms with Crippen LogP contribution < -0.4 is 0 Å². The second kappa shape index (κ2) is 6.56. The zero-order chi connectivity index (χ0) is 18.1. The van der Waals surface area contributed by atoms with Crippen molar-refractivity contribution >= 4 is 10.0 Å². The van der Waals surface area contributed by atoms with E-state index in [1.54, 1.807) is 27.1 Å². The van der Waals surface area contributed by atoms with E-state index in [2.05, 4.69) is 5.10 Å². The standard InChI is InChI=1S/C15H18F3N3O2S/c1-11(2)21(10-12-8-19-20(3)9-12)24(22,23)14-6-4-5-13(7-14)15(16,17)18/h4-9,11H,10H2,1-3H3. The molecule has 0 saturated carbocycles. The van der Waals surface area contributed by atoms with E-state index < -0.39 is 27.8 Å². The Balaban J connectivity index is 2.41. The van der Waals surface area contributed by atoms with Gasteiger partial charge < -0.3 is 0 Å². The summed E-state index contributed by atoms with van der Waals surface area (Å²) in [5, 5.41) is 3.98. The fourth-order valence-corrected chi connectivity index (χ4v) is 3.92. The van der Waals surface area contributed by atoms with E-state index in [4.69, 9.17) is 0 Å². The minimum atomic E-state index is -4.60. The van der Waals surface area contributed by atoms with Gasteiger partial charge in [0.15, 0.2) is 0 Å². The van der Waals surface area contributed by atoms with Gasteiger partial charge in [-0.1, -0.05) is 6.07 Å². The largest absolute Gasteiger partial charge is 0.416 e. The molecule has 0 bridgehead atoms. The van der Waals surface area contributed by atoms with Crippen molar-refractivity contribution in [1.82, 2.24) is 14.1 Å². The molecule has 1 aromatic carbocycles. The van der Waals surface area contributed by atoms with Crippen LogP contribution in [0.3, 0.4) is 0 Å². The normalized spacial score (nSPS) is 13.0. The highest BCUT2D eigenvalue weighted by Crippen LogP contribution is 2.31. The van der Waals surface area contributed by atoms with Crippen LogP contribution in [0, 0.1) is 0 Å². The van der Waals surface area contributed by atoms with E-state index in [1.807, 2.05) is 0 Å². The van der Waals surface area contributed by atoms with Crippen LogP contribution in [0.4, 0.5) is 13.2 Å². The highest BCUT2D eigenvalue weighted by Gasteiger charge is 2.33. The van der Waals surface area contributed by atoms with Gasteiger partial charge in [0.25, 0.3) is 0 Å². The first-order valence-corrected chi connectivity index (χ1v) is 8.62. The maximum atomic E-state index is 12.8. The summed E-state index contributed by atoms with van der Waals surface area (Å²) in [4.78, 5) is -0.380. The highest BCUT2D eigenvalue weighted by molar-refractivity contribution is 7.89. The third kappa shape index (κ3) is 3.96. The second-order valence-corrected chi connectivity index (χ2v) is 7.58. The summed E-state index contributed by atoms with van der Waals surface area (Å²) in [6, 6.07) is 3.35. The Kier molecular flexibility index (Phi) is 5.05. The Morgan fingerprint density at radius 2 is 1.96 bits per heavy atom. The molecule has 0 saturated heterocycles. The van der Waals surface area contributed by atoms with Crippen LogP contribution in [0.2, 0.25) is 0 Å². The molecular formula is C15H18F3N3O2S. The van der Waals surface area contributed by atoms with E-state index >= 15 is 0 Å². The number of nitrogens with zero attached hydrogens (tertiary/aromatic N) is 3. The van der Waals surface area contributed by atoms with E-state index in [-0.39, 0.29) is 11.4 Å². The third-order valence-corrected chi connectivity index (χ3v) is 5.46. The van der Waals surface area contributed by atoms with Crippen LogP contribution in [0.15, 0.2) is 41.6 Å². The molecule has 5 nitrogen and oxygen atoms in total. The van der Waals surface area contributed by atoms with Gasteiger partial charge in [-0.2, -0.15) is 22.6 Å². The number of aryl methyl sites for hydroxylation is 1. The molecule has 1 aromatic heterocycles. The smallest absolute Gasteiger partial charge is 0.275 e. The summed E-state index contributed by atoms with van der Waals surface area (Å²) in [7, 11) is -2.38. The lowest BCUT2D eigenvalue weighted by Gasteiger charge is -2.25. The minimum absolute atomic E-state index is 0.0318. The van der Waals surface area contributed by atoms with Crippen molar-refractivity contribution in [2.45, 2.75) is 37.5 Å². The molecule has 0 amide bonds. The summed E-state index contributed by atoms with van der Waals surface area (Å²) >= 11 is 0. The Bertz CT molecular complexity index is 813. The number of benzene rings is 1. The van der Waals surface area contributed by atoms with E-state index in [1.165, 1.54) is 16.9 Å². The van der Waals surface area contributed by atoms with Crippen molar-refractivity contribution in [3.63, 3.8) is 0 Å². The molecule has 9 heteroatoms. The zero-order valence-electron chi connectivity index (χ0n) is 13.4. The van der Waals surface area contributed by atoms with Crippen LogP contribution in [0.1, 0.15) is 25.0 Å². The van der Waals surface area contributed by atoms with Gasteiger partial charge in [0, 0.05) is 31.4 Å². The monoisotopic (exact) mass is 361 g/mol. The lowest BCUT2D eigenvalue weighted by Crippen LogP contribution is -2.36. The average Bonchev–Trinajstić information content (AvgIpc) is 2.89. The van der Waals surface area contributed by atoms with Crippen molar-refractivity contribution in [2.75, 3.05) is 0 Å². The first-order chi connectivity index (χ1) is 11.0. The molecule has 0 atom stereocenters. The average molecular weight is 361 g/mol. The summed E-state index contributed by atoms with van der Waals surface area (Å²) in [6.07, 6.45) is -1.41. The van der Waals surface area contributed by atoms with E-state index in [0.717, 1.165) is 16.4 Å². The van der Waals surface area contributed by atoms with Crippen LogP contribution in [0.5, 0.6) is 0 Å². The van der Waals surface area contributed by atoms with Crippen LogP contribution in [0.25, 0.3) is 0 Å². The predicted octanol–water partition coefficient (Wildman–Crippen LogP) is 3.04. The van der Waals surface area contributed by atoms with Crippen LogP contribution >= 0.6 is 0 Å². The van der Waals surface area contributed by atoms with Gasteiger partial charge in [-0.15, -0.1) is 0 Å². The predicted molar refractivity (Wildman–Crippen MR) is 82.5 cm³/mol. The van der Waals surface area contributed by atoms with Crippen molar-refractivity contribution in [3.8, 4) is 0 Å². The summed E-state index contributed by atoms with van der Waals surface area (Å²) < 4.78 is 66.8. The molecule has 0 N–H and O–H groups in total. The molecule has 0 spiro atoms. The Hall–Kier alpha value is -1.87. The second-order valence-electron chi connectivity index (χ2n) is 5.69. The van der Waals surface area contributed by atoms with Crippen molar-refractivity contribution in [2.24, 2.45) is 7.05 Å². The number of hydrogen-bond acceptors (Lipinski definition) is 3. The molecule has 2 aromatic rings. The molecule has 0 fully saturated rings. The Labute approximate surface area is 138 Å². The van der Waals surface area contributed by atoms with Crippen molar-refractivity contribution in [3.05, 3.63) is 47.8 Å². The van der Waals surface area contributed by atoms with Gasteiger partial charge in [-0.05, 0) is 32.0 Å². The quantitative estimate of drug-likeness (QED) is 0.823. The molecule has 0 aliphatic rings. The molecular weight excluding hydrogens is 343 g/mol. The molecule has 24 heavy (non-hydrogen) atoms. The topological polar surface area (TPSA) is 55.2 Å². The molecule has 0 aliphatic heterocycles. The zero-order valence-corrected chi connectivity index (χ0v) is 14.3. The maximum absolute atomic E-state index is 12.8. The first kappa shape index (κ1) is 18.5. The van der Waals surface area contributed by atoms with Gasteiger partial charge in [0.2, 0.25) is 10.0 Å². The molecule has 1 heterocycles. The van der Waals surface area contributed by atoms with E-state index in [9.17, 15) is 21.6 Å². The lowest BCUT2D eigenvalue weighted by atomic mass is 10.2. The Morgan fingerprint density at radius 1 is 1.29 bits per heavy atom. The summed E-state index contributed by atoms with van der Waals surface area (Å²) in [5.41, 5.74) is -0.338. The fraction of sp³-hybridized carbons (Fsp3) is 0.400. The van der Waals surface area contributed by atoms with E-state index in [0.29, 0.717) is 11.6 Å².